The summed E-state index contributed by atoms with van der Waals surface area (Å²) in [5.74, 6) is 0. The number of hydrogen-bond donors (Lipinski definition) is 2. The number of benzene rings is 1. The van der Waals surface area contributed by atoms with Gasteiger partial charge in [-0.25, -0.2) is 0 Å². The second-order valence-electron chi connectivity index (χ2n) is 6.41. The summed E-state index contributed by atoms with van der Waals surface area (Å²) >= 11 is 5.87. The van der Waals surface area contributed by atoms with Gasteiger partial charge in [0.15, 0.2) is 0 Å². The molecule has 0 unspecified atom stereocenters. The van der Waals surface area contributed by atoms with Gasteiger partial charge in [-0.2, -0.15) is 0 Å². The fraction of sp³-hybridized carbons (Fsp3) is 0.647. The fourth-order valence-electron chi connectivity index (χ4n) is 3.04. The van der Waals surface area contributed by atoms with Gasteiger partial charge in [0.25, 0.3) is 5.69 Å². The summed E-state index contributed by atoms with van der Waals surface area (Å²) in [5, 5.41) is 21.7. The lowest BCUT2D eigenvalue weighted by atomic mass is 10.2. The van der Waals surface area contributed by atoms with Gasteiger partial charge in [0.1, 0.15) is 18.3 Å². The van der Waals surface area contributed by atoms with Crippen molar-refractivity contribution in [2.75, 3.05) is 50.8 Å². The molecule has 2 rings (SSSR count). The average molecular weight is 373 g/mol. The van der Waals surface area contributed by atoms with Crippen molar-refractivity contribution in [3.8, 4) is 0 Å². The number of nitrogens with one attached hydrogen (secondary N) is 1. The highest BCUT2D eigenvalue weighted by Gasteiger charge is 2.26. The Morgan fingerprint density at radius 1 is 1.44 bits per heavy atom. The number of aliphatic hydroxyl groups is 1. The van der Waals surface area contributed by atoms with E-state index in [1.54, 1.807) is 12.1 Å². The van der Waals surface area contributed by atoms with Gasteiger partial charge in [0, 0.05) is 17.7 Å². The third kappa shape index (κ3) is 6.11. The third-order valence-corrected chi connectivity index (χ3v) is 4.66. The van der Waals surface area contributed by atoms with Crippen LogP contribution < -0.4 is 9.80 Å². The molecule has 0 bridgehead atoms. The van der Waals surface area contributed by atoms with Crippen LogP contribution in [0.15, 0.2) is 18.2 Å². The average Bonchev–Trinajstić information content (AvgIpc) is 2.59. The van der Waals surface area contributed by atoms with Gasteiger partial charge in [-0.3, -0.25) is 10.1 Å². The number of rotatable bonds is 9. The van der Waals surface area contributed by atoms with E-state index in [-0.39, 0.29) is 5.69 Å². The lowest BCUT2D eigenvalue weighted by Gasteiger charge is -2.34. The molecule has 0 aliphatic carbocycles. The monoisotopic (exact) mass is 372 g/mol. The molecule has 2 N–H and O–H groups in total. The van der Waals surface area contributed by atoms with Gasteiger partial charge < -0.3 is 19.6 Å². The molecule has 0 amide bonds. The molecule has 8 heteroatoms. The van der Waals surface area contributed by atoms with Crippen LogP contribution in [0.1, 0.15) is 19.8 Å². The first-order valence-corrected chi connectivity index (χ1v) is 9.17. The maximum atomic E-state index is 11.2. The minimum Gasteiger partial charge on any atom is -0.385 e. The summed E-state index contributed by atoms with van der Waals surface area (Å²) in [7, 11) is 0. The van der Waals surface area contributed by atoms with Gasteiger partial charge in [-0.05, 0) is 18.6 Å². The molecule has 0 aromatic heterocycles. The molecular formula is C17H27ClN3O4+. The Morgan fingerprint density at radius 3 is 2.80 bits per heavy atom. The van der Waals surface area contributed by atoms with Crippen LogP contribution in [0.3, 0.4) is 0 Å². The summed E-state index contributed by atoms with van der Waals surface area (Å²) in [6.07, 6.45) is 1.63. The van der Waals surface area contributed by atoms with E-state index in [0.717, 1.165) is 25.9 Å². The minimum absolute atomic E-state index is 0.0420. The van der Waals surface area contributed by atoms with Crippen LogP contribution in [0.5, 0.6) is 0 Å². The number of anilines is 1. The molecule has 25 heavy (non-hydrogen) atoms. The maximum Gasteiger partial charge on any atom is 0.294 e. The molecule has 1 atom stereocenters. The molecule has 1 aromatic rings. The Bertz CT molecular complexity index is 565. The largest absolute Gasteiger partial charge is 0.385 e. The predicted molar refractivity (Wildman–Crippen MR) is 97.6 cm³/mol. The zero-order valence-corrected chi connectivity index (χ0v) is 15.4. The summed E-state index contributed by atoms with van der Waals surface area (Å²) in [6.45, 7) is 6.88. The smallest absolute Gasteiger partial charge is 0.294 e. The van der Waals surface area contributed by atoms with Gasteiger partial charge in [0.2, 0.25) is 0 Å². The fourth-order valence-corrected chi connectivity index (χ4v) is 3.20. The van der Waals surface area contributed by atoms with Crippen LogP contribution >= 0.6 is 11.6 Å². The maximum absolute atomic E-state index is 11.2. The molecule has 1 saturated heterocycles. The normalized spacial score (nSPS) is 16.8. The second kappa shape index (κ2) is 9.91. The van der Waals surface area contributed by atoms with E-state index in [0.29, 0.717) is 43.6 Å². The van der Waals surface area contributed by atoms with E-state index in [2.05, 4.69) is 6.92 Å². The number of nitrogens with zero attached hydrogens (tertiary/aromatic N) is 2. The Hall–Kier alpha value is -1.41. The van der Waals surface area contributed by atoms with Crippen molar-refractivity contribution in [1.29, 1.82) is 0 Å². The molecule has 1 aromatic carbocycles. The van der Waals surface area contributed by atoms with Crippen LogP contribution in [0.2, 0.25) is 5.02 Å². The lowest BCUT2D eigenvalue weighted by Crippen LogP contribution is -3.16. The second-order valence-corrected chi connectivity index (χ2v) is 6.85. The predicted octanol–water partition coefficient (Wildman–Crippen LogP) is 1.13. The quantitative estimate of drug-likeness (QED) is 0.386. The summed E-state index contributed by atoms with van der Waals surface area (Å²) < 4.78 is 5.46. The van der Waals surface area contributed by atoms with Crippen LogP contribution in [-0.2, 0) is 4.74 Å². The summed E-state index contributed by atoms with van der Waals surface area (Å²) in [6, 6.07) is 4.79. The molecule has 1 heterocycles. The highest BCUT2D eigenvalue weighted by atomic mass is 35.5. The van der Waals surface area contributed by atoms with Crippen molar-refractivity contribution in [1.82, 2.24) is 0 Å². The molecule has 0 spiro atoms. The molecule has 0 saturated carbocycles. The zero-order valence-electron chi connectivity index (χ0n) is 14.6. The van der Waals surface area contributed by atoms with Gasteiger partial charge >= 0.3 is 0 Å². The Morgan fingerprint density at radius 2 is 2.16 bits per heavy atom. The number of quaternary nitrogens is 1. The number of ether oxygens (including phenoxy) is 1. The SMILES string of the molecule is CCCCOC[C@H](O)C[NH+]1CCN(c2ccc(Cl)cc2[N+](=O)[O-])CC1. The van der Waals surface area contributed by atoms with Crippen molar-refractivity contribution in [2.24, 2.45) is 0 Å². The van der Waals surface area contributed by atoms with E-state index in [1.807, 2.05) is 4.90 Å². The third-order valence-electron chi connectivity index (χ3n) is 4.42. The number of unbranched alkanes of at least 4 members (excludes halogenated alkanes) is 1. The van der Waals surface area contributed by atoms with E-state index in [9.17, 15) is 15.2 Å². The van der Waals surface area contributed by atoms with Crippen LogP contribution in [0.25, 0.3) is 0 Å². The Labute approximate surface area is 153 Å². The highest BCUT2D eigenvalue weighted by molar-refractivity contribution is 6.30. The summed E-state index contributed by atoms with van der Waals surface area (Å²) in [4.78, 5) is 14.2. The standard InChI is InChI=1S/C17H26ClN3O4/c1-2-3-10-25-13-15(22)12-19-6-8-20(9-7-19)16-5-4-14(18)11-17(16)21(23)24/h4-5,11,15,22H,2-3,6-10,12-13H2,1H3/p+1/t15-/m1/s1. The first kappa shape index (κ1) is 19.9. The number of piperazine rings is 1. The highest BCUT2D eigenvalue weighted by Crippen LogP contribution is 2.30. The molecule has 1 aliphatic heterocycles. The lowest BCUT2D eigenvalue weighted by molar-refractivity contribution is -0.903. The van der Waals surface area contributed by atoms with Crippen LogP contribution in [-0.4, -0.2) is 62.1 Å². The molecule has 1 aliphatic rings. The van der Waals surface area contributed by atoms with Crippen molar-refractivity contribution < 1.29 is 19.7 Å². The number of hydrogen-bond acceptors (Lipinski definition) is 5. The molecule has 0 radical (unpaired) electrons. The minimum atomic E-state index is -0.469. The van der Waals surface area contributed by atoms with E-state index in [1.165, 1.54) is 11.0 Å². The van der Waals surface area contributed by atoms with E-state index < -0.39 is 11.0 Å². The number of nitro benzene ring substituents is 1. The van der Waals surface area contributed by atoms with Crippen molar-refractivity contribution >= 4 is 23.0 Å². The van der Waals surface area contributed by atoms with Crippen molar-refractivity contribution in [3.05, 3.63) is 33.3 Å². The molecular weight excluding hydrogens is 346 g/mol. The van der Waals surface area contributed by atoms with Crippen LogP contribution in [0.4, 0.5) is 11.4 Å². The van der Waals surface area contributed by atoms with Crippen molar-refractivity contribution in [3.63, 3.8) is 0 Å². The Balaban J connectivity index is 1.83. The van der Waals surface area contributed by atoms with Crippen molar-refractivity contribution in [2.45, 2.75) is 25.9 Å². The number of nitro groups is 1. The van der Waals surface area contributed by atoms with E-state index >= 15 is 0 Å². The first-order chi connectivity index (χ1) is 12.0. The van der Waals surface area contributed by atoms with Gasteiger partial charge in [-0.15, -0.1) is 0 Å². The van der Waals surface area contributed by atoms with Gasteiger partial charge in [-0.1, -0.05) is 24.9 Å². The molecule has 140 valence electrons. The zero-order chi connectivity index (χ0) is 18.2. The number of halogens is 1. The molecule has 1 fully saturated rings. The van der Waals surface area contributed by atoms with E-state index in [4.69, 9.17) is 16.3 Å². The molecule has 7 nitrogen and oxygen atoms in total. The van der Waals surface area contributed by atoms with Crippen LogP contribution in [0, 0.1) is 10.1 Å². The first-order valence-electron chi connectivity index (χ1n) is 8.79. The Kier molecular flexibility index (Phi) is 7.90. The van der Waals surface area contributed by atoms with Gasteiger partial charge in [0.05, 0.1) is 37.7 Å². The number of aliphatic hydroxyl groups excluding tert-OH is 1. The topological polar surface area (TPSA) is 80.3 Å². The summed E-state index contributed by atoms with van der Waals surface area (Å²) in [5.41, 5.74) is 0.650.